The average Bonchev–Trinajstić information content (AvgIpc) is 1.30. The van der Waals surface area contributed by atoms with Crippen LogP contribution < -0.4 is 29.6 Å². The van der Waals surface area contributed by atoms with Crippen LogP contribution in [0.25, 0.3) is 0 Å². The maximum absolute atomic E-state index is 9.49. The van der Waals surface area contributed by atoms with E-state index < -0.39 is 10.4 Å². The van der Waals surface area contributed by atoms with E-state index in [0.29, 0.717) is 0 Å². The first-order valence-electron chi connectivity index (χ1n) is 1.03. The summed E-state index contributed by atoms with van der Waals surface area (Å²) in [6.45, 7) is 0. The van der Waals surface area contributed by atoms with Gasteiger partial charge in [-0.1, -0.05) is 11.7 Å². The van der Waals surface area contributed by atoms with E-state index in [1.54, 1.807) is 0 Å². The van der Waals surface area contributed by atoms with E-state index in [-0.39, 0.29) is 42.1 Å². The van der Waals surface area contributed by atoms with Crippen molar-refractivity contribution in [1.82, 2.24) is 0 Å². The first-order valence-corrected chi connectivity index (χ1v) is 4.19. The van der Waals surface area contributed by atoms with Gasteiger partial charge in [-0.25, -0.2) is 0 Å². The summed E-state index contributed by atoms with van der Waals surface area (Å²) in [7, 11) is -4.29. The molecule has 0 saturated carbocycles. The van der Waals surface area contributed by atoms with Crippen molar-refractivity contribution in [3.05, 3.63) is 0 Å². The molecular weight excluding hydrogens is 183 g/mol. The Morgan fingerprint density at radius 3 is 2.12 bits per heavy atom. The zero-order valence-electron chi connectivity index (χ0n) is 4.94. The van der Waals surface area contributed by atoms with Crippen molar-refractivity contribution in [3.8, 4) is 0 Å². The Bertz CT molecular complexity index is 129. The summed E-state index contributed by atoms with van der Waals surface area (Å²) >= 11 is 3.53. The SMILES string of the molecule is O=S(=O)(O)OSS.[H-].[Na+]. The molecule has 0 spiro atoms. The third-order valence-corrected chi connectivity index (χ3v) is 1.60. The molecule has 0 aromatic rings. The molecule has 0 aromatic carbocycles. The fraction of sp³-hybridized carbons (Fsp3) is 0. The summed E-state index contributed by atoms with van der Waals surface area (Å²) < 4.78 is 30.2. The predicted molar refractivity (Wildman–Crippen MR) is 30.3 cm³/mol. The quantitative estimate of drug-likeness (QED) is 0.163. The van der Waals surface area contributed by atoms with Gasteiger partial charge in [0.2, 0.25) is 0 Å². The van der Waals surface area contributed by atoms with Crippen LogP contribution in [0.15, 0.2) is 0 Å². The van der Waals surface area contributed by atoms with Gasteiger partial charge in [-0.05, 0) is 0 Å². The van der Waals surface area contributed by atoms with Gasteiger partial charge in [0.15, 0.2) is 0 Å². The Hall–Kier alpha value is 1.57. The minimum Gasteiger partial charge on any atom is -1.00 e. The topological polar surface area (TPSA) is 63.6 Å². The van der Waals surface area contributed by atoms with Crippen molar-refractivity contribution in [2.45, 2.75) is 0 Å². The standard InChI is InChI=1S/Na.H2O4S3.H/c;1-7(2,3)4-6-5;/h;5H,(H,1,2,3);/q+1;;-1. The molecule has 0 atom stereocenters. The van der Waals surface area contributed by atoms with E-state index in [9.17, 15) is 8.42 Å². The van der Waals surface area contributed by atoms with Crippen molar-refractivity contribution < 1.29 is 47.6 Å². The fourth-order valence-corrected chi connectivity index (χ4v) is 1.04. The van der Waals surface area contributed by atoms with Crippen molar-refractivity contribution >= 4 is 33.1 Å². The minimum absolute atomic E-state index is 0. The van der Waals surface area contributed by atoms with Gasteiger partial charge < -0.3 is 1.43 Å². The monoisotopic (exact) mass is 186 g/mol. The van der Waals surface area contributed by atoms with Crippen LogP contribution in [0.1, 0.15) is 1.43 Å². The van der Waals surface area contributed by atoms with Gasteiger partial charge in [-0.2, -0.15) is 12.0 Å². The number of rotatable bonds is 2. The average molecular weight is 186 g/mol. The maximum Gasteiger partial charge on any atom is 1.00 e. The van der Waals surface area contributed by atoms with Crippen LogP contribution in [0, 0.1) is 0 Å². The molecule has 0 unspecified atom stereocenters. The first-order chi connectivity index (χ1) is 3.06. The second kappa shape index (κ2) is 5.36. The van der Waals surface area contributed by atoms with Crippen LogP contribution in [-0.2, 0) is 14.0 Å². The fourth-order valence-electron chi connectivity index (χ4n) is 0.0385. The largest absolute Gasteiger partial charge is 1.00 e. The van der Waals surface area contributed by atoms with E-state index in [4.69, 9.17) is 4.55 Å². The van der Waals surface area contributed by atoms with E-state index in [0.717, 1.165) is 0 Å². The molecule has 0 fully saturated rings. The minimum atomic E-state index is -4.29. The summed E-state index contributed by atoms with van der Waals surface area (Å²) in [6.07, 6.45) is 0. The number of hydrogen-bond donors (Lipinski definition) is 2. The van der Waals surface area contributed by atoms with Crippen LogP contribution in [0.4, 0.5) is 0 Å². The van der Waals surface area contributed by atoms with Crippen LogP contribution >= 0.6 is 22.7 Å². The van der Waals surface area contributed by atoms with Gasteiger partial charge in [0, 0.05) is 0 Å². The molecule has 46 valence electrons. The molecule has 0 bridgehead atoms. The first kappa shape index (κ1) is 12.3. The number of hydrogen-bond acceptors (Lipinski definition) is 5. The molecule has 8 heteroatoms. The Kier molecular flexibility index (Phi) is 8.22. The Morgan fingerprint density at radius 2 is 2.12 bits per heavy atom. The molecule has 0 aliphatic rings. The molecule has 0 radical (unpaired) electrons. The maximum atomic E-state index is 9.49. The van der Waals surface area contributed by atoms with Gasteiger partial charge in [0.25, 0.3) is 0 Å². The summed E-state index contributed by atoms with van der Waals surface area (Å²) in [6, 6.07) is 0. The van der Waals surface area contributed by atoms with E-state index in [1.807, 2.05) is 0 Å². The summed E-state index contributed by atoms with van der Waals surface area (Å²) in [4.78, 5) is 0. The molecular formula is H3NaO4S3. The summed E-state index contributed by atoms with van der Waals surface area (Å²) in [5.74, 6) is 0. The van der Waals surface area contributed by atoms with Crippen molar-refractivity contribution in [3.63, 3.8) is 0 Å². The summed E-state index contributed by atoms with van der Waals surface area (Å²) in [5, 5.41) is 0. The Balaban J connectivity index is -0.000000180. The van der Waals surface area contributed by atoms with Crippen molar-refractivity contribution in [2.75, 3.05) is 0 Å². The van der Waals surface area contributed by atoms with Crippen LogP contribution in [0.3, 0.4) is 0 Å². The summed E-state index contributed by atoms with van der Waals surface area (Å²) in [5.41, 5.74) is 0. The molecule has 0 rings (SSSR count). The Labute approximate surface area is 80.1 Å². The van der Waals surface area contributed by atoms with Gasteiger partial charge in [0.1, 0.15) is 0 Å². The third kappa shape index (κ3) is 10.5. The molecule has 0 amide bonds. The smallest absolute Gasteiger partial charge is 1.00 e. The van der Waals surface area contributed by atoms with Crippen LogP contribution in [0.5, 0.6) is 0 Å². The molecule has 1 N–H and O–H groups in total. The Morgan fingerprint density at radius 1 is 1.75 bits per heavy atom. The third-order valence-electron chi connectivity index (χ3n) is 0.116. The zero-order valence-corrected chi connectivity index (χ0v) is 8.46. The van der Waals surface area contributed by atoms with Crippen molar-refractivity contribution in [1.29, 1.82) is 0 Å². The molecule has 8 heavy (non-hydrogen) atoms. The molecule has 0 saturated heterocycles. The van der Waals surface area contributed by atoms with Crippen molar-refractivity contribution in [2.24, 2.45) is 0 Å². The van der Waals surface area contributed by atoms with E-state index >= 15 is 0 Å². The zero-order chi connectivity index (χ0) is 5.91. The number of thiol groups is 1. The predicted octanol–water partition coefficient (Wildman–Crippen LogP) is -2.58. The van der Waals surface area contributed by atoms with Gasteiger partial charge in [-0.3, -0.25) is 4.55 Å². The molecule has 0 aliphatic heterocycles. The molecule has 0 heterocycles. The van der Waals surface area contributed by atoms with Gasteiger partial charge >= 0.3 is 40.0 Å². The van der Waals surface area contributed by atoms with Gasteiger partial charge in [-0.15, -0.1) is 0 Å². The van der Waals surface area contributed by atoms with Gasteiger partial charge in [0.05, 0.1) is 11.1 Å². The molecule has 0 aromatic heterocycles. The van der Waals surface area contributed by atoms with E-state index in [2.05, 4.69) is 15.3 Å². The van der Waals surface area contributed by atoms with Crippen LogP contribution in [0.2, 0.25) is 0 Å². The normalized spacial score (nSPS) is 10.2. The molecule has 0 aliphatic carbocycles. The second-order valence-electron chi connectivity index (χ2n) is 0.570. The van der Waals surface area contributed by atoms with E-state index in [1.165, 1.54) is 0 Å². The second-order valence-corrected chi connectivity index (χ2v) is 2.57. The van der Waals surface area contributed by atoms with Crippen LogP contribution in [-0.4, -0.2) is 13.0 Å². The molecule has 4 nitrogen and oxygen atoms in total.